The van der Waals surface area contributed by atoms with Crippen molar-refractivity contribution in [1.29, 1.82) is 0 Å². The molecule has 1 aromatic heterocycles. The summed E-state index contributed by atoms with van der Waals surface area (Å²) in [5.74, 6) is 3.58. The van der Waals surface area contributed by atoms with Crippen LogP contribution >= 0.6 is 22.9 Å². The van der Waals surface area contributed by atoms with Crippen molar-refractivity contribution in [3.05, 3.63) is 68.2 Å². The maximum Gasteiger partial charge on any atom is 0.136 e. The Hall–Kier alpha value is -2.39. The van der Waals surface area contributed by atoms with Gasteiger partial charge in [-0.3, -0.25) is 0 Å². The summed E-state index contributed by atoms with van der Waals surface area (Å²) in [5, 5.41) is 1.19. The molecule has 0 spiro atoms. The number of aromatic nitrogens is 1. The molecule has 2 N–H and O–H groups in total. The second kappa shape index (κ2) is 8.86. The highest BCUT2D eigenvalue weighted by atomic mass is 35.5. The molecule has 32 heavy (non-hydrogen) atoms. The highest BCUT2D eigenvalue weighted by Crippen LogP contribution is 2.47. The Bertz CT molecular complexity index is 1200. The SMILES string of the molecule is C#CC(N)(c1nc(-c2ccc(OC)cc2Cl)c(C)s1)[C@@H](CC1CC1)c1ccc(C)c(F)c1. The molecule has 6 heteroatoms. The van der Waals surface area contributed by atoms with Gasteiger partial charge in [0.1, 0.15) is 22.1 Å². The van der Waals surface area contributed by atoms with Gasteiger partial charge in [0.15, 0.2) is 0 Å². The van der Waals surface area contributed by atoms with Gasteiger partial charge in [-0.05, 0) is 61.6 Å². The van der Waals surface area contributed by atoms with E-state index in [0.717, 1.165) is 41.0 Å². The zero-order chi connectivity index (χ0) is 23.0. The van der Waals surface area contributed by atoms with Crippen LogP contribution < -0.4 is 10.5 Å². The Morgan fingerprint density at radius 1 is 1.31 bits per heavy atom. The van der Waals surface area contributed by atoms with Crippen LogP contribution in [0, 0.1) is 37.9 Å². The number of hydrogen-bond donors (Lipinski definition) is 1. The zero-order valence-electron chi connectivity index (χ0n) is 18.4. The number of hydrogen-bond acceptors (Lipinski definition) is 4. The lowest BCUT2D eigenvalue weighted by Crippen LogP contribution is -2.42. The summed E-state index contributed by atoms with van der Waals surface area (Å²) in [5.41, 5.74) is 8.75. The Kier molecular flexibility index (Phi) is 6.31. The highest BCUT2D eigenvalue weighted by molar-refractivity contribution is 7.12. The van der Waals surface area contributed by atoms with Crippen LogP contribution in [-0.4, -0.2) is 12.1 Å². The van der Waals surface area contributed by atoms with Crippen LogP contribution in [-0.2, 0) is 5.54 Å². The van der Waals surface area contributed by atoms with Crippen LogP contribution in [0.15, 0.2) is 36.4 Å². The number of terminal acetylenes is 1. The second-order valence-corrected chi connectivity index (χ2v) is 10.1. The molecule has 4 rings (SSSR count). The van der Waals surface area contributed by atoms with Crippen molar-refractivity contribution in [3.8, 4) is 29.4 Å². The van der Waals surface area contributed by atoms with Crippen LogP contribution in [0.4, 0.5) is 4.39 Å². The lowest BCUT2D eigenvalue weighted by molar-refractivity contribution is 0.408. The van der Waals surface area contributed by atoms with Gasteiger partial charge < -0.3 is 10.5 Å². The topological polar surface area (TPSA) is 48.1 Å². The summed E-state index contributed by atoms with van der Waals surface area (Å²) in [7, 11) is 1.60. The first-order valence-electron chi connectivity index (χ1n) is 10.6. The average Bonchev–Trinajstić information content (AvgIpc) is 3.53. The number of thiazole rings is 1. The van der Waals surface area contributed by atoms with Gasteiger partial charge in [0, 0.05) is 16.4 Å². The van der Waals surface area contributed by atoms with E-state index in [1.54, 1.807) is 32.2 Å². The maximum atomic E-state index is 14.5. The van der Waals surface area contributed by atoms with Crippen molar-refractivity contribution in [1.82, 2.24) is 4.98 Å². The van der Waals surface area contributed by atoms with Crippen molar-refractivity contribution >= 4 is 22.9 Å². The highest BCUT2D eigenvalue weighted by Gasteiger charge is 2.42. The van der Waals surface area contributed by atoms with Crippen LogP contribution in [0.2, 0.25) is 5.02 Å². The van der Waals surface area contributed by atoms with Gasteiger partial charge in [-0.2, -0.15) is 0 Å². The summed E-state index contributed by atoms with van der Waals surface area (Å²) in [6, 6.07) is 10.8. The minimum Gasteiger partial charge on any atom is -0.497 e. The molecule has 2 aromatic carbocycles. The van der Waals surface area contributed by atoms with Crippen LogP contribution in [0.25, 0.3) is 11.3 Å². The lowest BCUT2D eigenvalue weighted by Gasteiger charge is -2.32. The van der Waals surface area contributed by atoms with Crippen molar-refractivity contribution < 1.29 is 9.13 Å². The number of methoxy groups -OCH3 is 1. The van der Waals surface area contributed by atoms with Gasteiger partial charge in [-0.25, -0.2) is 9.37 Å². The van der Waals surface area contributed by atoms with E-state index in [4.69, 9.17) is 33.5 Å². The Balaban J connectivity index is 1.79. The van der Waals surface area contributed by atoms with Gasteiger partial charge >= 0.3 is 0 Å². The molecule has 1 fully saturated rings. The lowest BCUT2D eigenvalue weighted by atomic mass is 9.77. The Morgan fingerprint density at radius 2 is 2.06 bits per heavy atom. The van der Waals surface area contributed by atoms with Crippen molar-refractivity contribution in [3.63, 3.8) is 0 Å². The molecule has 0 amide bonds. The Morgan fingerprint density at radius 3 is 2.66 bits per heavy atom. The van der Waals surface area contributed by atoms with Gasteiger partial charge in [0.2, 0.25) is 0 Å². The third-order valence-corrected chi connectivity index (χ3v) is 7.67. The van der Waals surface area contributed by atoms with Crippen LogP contribution in [0.3, 0.4) is 0 Å². The molecule has 1 aliphatic rings. The first-order valence-corrected chi connectivity index (χ1v) is 11.8. The third-order valence-electron chi connectivity index (χ3n) is 6.23. The minimum absolute atomic E-state index is 0.236. The predicted molar refractivity (Wildman–Crippen MR) is 130 cm³/mol. The fourth-order valence-corrected chi connectivity index (χ4v) is 5.36. The smallest absolute Gasteiger partial charge is 0.136 e. The molecule has 1 unspecified atom stereocenters. The number of ether oxygens (including phenoxy) is 1. The monoisotopic (exact) mass is 468 g/mol. The molecule has 1 saturated carbocycles. The fourth-order valence-electron chi connectivity index (χ4n) is 4.05. The first-order chi connectivity index (χ1) is 15.3. The van der Waals surface area contributed by atoms with Gasteiger partial charge in [-0.1, -0.05) is 42.5 Å². The second-order valence-electron chi connectivity index (χ2n) is 8.52. The van der Waals surface area contributed by atoms with E-state index in [1.165, 1.54) is 11.3 Å². The quantitative estimate of drug-likeness (QED) is 0.397. The number of benzene rings is 2. The summed E-state index contributed by atoms with van der Waals surface area (Å²) >= 11 is 7.99. The van der Waals surface area contributed by atoms with E-state index in [1.807, 2.05) is 25.1 Å². The molecule has 3 aromatic rings. The van der Waals surface area contributed by atoms with E-state index in [9.17, 15) is 4.39 Å². The van der Waals surface area contributed by atoms with E-state index in [0.29, 0.717) is 27.3 Å². The number of rotatable bonds is 7. The van der Waals surface area contributed by atoms with Gasteiger partial charge in [0.05, 0.1) is 17.8 Å². The summed E-state index contributed by atoms with van der Waals surface area (Å²) in [6.07, 6.45) is 9.16. The molecule has 0 aliphatic heterocycles. The molecule has 1 heterocycles. The molecule has 3 nitrogen and oxygen atoms in total. The molecule has 0 saturated heterocycles. The molecule has 166 valence electrons. The van der Waals surface area contributed by atoms with E-state index < -0.39 is 5.54 Å². The largest absolute Gasteiger partial charge is 0.497 e. The number of nitrogens with zero attached hydrogens (tertiary/aromatic N) is 1. The molecule has 0 radical (unpaired) electrons. The molecular formula is C26H26ClFN2OS. The van der Waals surface area contributed by atoms with E-state index >= 15 is 0 Å². The van der Waals surface area contributed by atoms with E-state index in [2.05, 4.69) is 5.92 Å². The number of halogens is 2. The van der Waals surface area contributed by atoms with Crippen LogP contribution in [0.1, 0.15) is 46.2 Å². The zero-order valence-corrected chi connectivity index (χ0v) is 20.0. The molecule has 2 atom stereocenters. The molecular weight excluding hydrogens is 443 g/mol. The maximum absolute atomic E-state index is 14.5. The summed E-state index contributed by atoms with van der Waals surface area (Å²) in [4.78, 5) is 5.86. The van der Waals surface area contributed by atoms with Gasteiger partial charge in [-0.15, -0.1) is 17.8 Å². The van der Waals surface area contributed by atoms with Crippen molar-refractivity contribution in [2.45, 2.75) is 44.6 Å². The number of nitrogens with two attached hydrogens (primary N) is 1. The fraction of sp³-hybridized carbons (Fsp3) is 0.346. The normalized spacial score (nSPS) is 16.3. The standard InChI is InChI=1S/C26H26ClFN2OS/c1-5-26(29,21(12-17-7-8-17)18-9-6-15(2)23(28)13-18)25-30-24(16(3)32-25)20-11-10-19(31-4)14-22(20)27/h1,6,9-11,13-14,17,21H,7-8,12,29H2,2-4H3/t21-,26?/m0/s1. The third kappa shape index (κ3) is 4.28. The van der Waals surface area contributed by atoms with E-state index in [-0.39, 0.29) is 11.7 Å². The van der Waals surface area contributed by atoms with Crippen molar-refractivity contribution in [2.75, 3.05) is 7.11 Å². The van der Waals surface area contributed by atoms with Crippen molar-refractivity contribution in [2.24, 2.45) is 11.7 Å². The Labute approximate surface area is 197 Å². The minimum atomic E-state index is -1.16. The van der Waals surface area contributed by atoms with Gasteiger partial charge in [0.25, 0.3) is 0 Å². The summed E-state index contributed by atoms with van der Waals surface area (Å²) in [6.45, 7) is 3.73. The first kappa shape index (κ1) is 22.8. The predicted octanol–water partition coefficient (Wildman–Crippen LogP) is 6.60. The molecule has 1 aliphatic carbocycles. The number of aryl methyl sites for hydroxylation is 2. The molecule has 0 bridgehead atoms. The summed E-state index contributed by atoms with van der Waals surface area (Å²) < 4.78 is 19.7. The van der Waals surface area contributed by atoms with Crippen LogP contribution in [0.5, 0.6) is 5.75 Å². The average molecular weight is 469 g/mol.